The molecule has 0 saturated carbocycles. The average Bonchev–Trinajstić information content (AvgIpc) is 2.99. The number of rotatable bonds is 5. The van der Waals surface area contributed by atoms with Gasteiger partial charge in [-0.25, -0.2) is 15.0 Å². The second-order valence-corrected chi connectivity index (χ2v) is 6.02. The van der Waals surface area contributed by atoms with Gasteiger partial charge in [-0.15, -0.1) is 0 Å². The standard InChI is InChI=1S/C16H22N6O2/c1-11-4-15(19-9-18-11)22-8-13(24-3)5-12(22)7-17-14-6-16(23)21(2)10-20-14/h4,6,9-10,12-13,17H,5,7-8H2,1-3H3/t12-,13-/m0/s1. The van der Waals surface area contributed by atoms with Crippen LogP contribution in [0.25, 0.3) is 0 Å². The van der Waals surface area contributed by atoms with Gasteiger partial charge in [-0.2, -0.15) is 0 Å². The topological polar surface area (TPSA) is 85.2 Å². The van der Waals surface area contributed by atoms with E-state index < -0.39 is 0 Å². The molecule has 3 rings (SSSR count). The largest absolute Gasteiger partial charge is 0.380 e. The van der Waals surface area contributed by atoms with Crippen molar-refractivity contribution in [3.8, 4) is 0 Å². The predicted octanol–water partition coefficient (Wildman–Crippen LogP) is 0.585. The summed E-state index contributed by atoms with van der Waals surface area (Å²) < 4.78 is 6.97. The van der Waals surface area contributed by atoms with E-state index in [1.165, 1.54) is 17.0 Å². The van der Waals surface area contributed by atoms with Gasteiger partial charge in [0.15, 0.2) is 0 Å². The lowest BCUT2D eigenvalue weighted by Gasteiger charge is -2.25. The van der Waals surface area contributed by atoms with E-state index in [2.05, 4.69) is 25.2 Å². The third-order valence-electron chi connectivity index (χ3n) is 4.29. The van der Waals surface area contributed by atoms with Crippen LogP contribution in [0, 0.1) is 6.92 Å². The lowest BCUT2D eigenvalue weighted by molar-refractivity contribution is 0.118. The van der Waals surface area contributed by atoms with E-state index in [4.69, 9.17) is 4.74 Å². The Morgan fingerprint density at radius 3 is 2.88 bits per heavy atom. The summed E-state index contributed by atoms with van der Waals surface area (Å²) in [5.41, 5.74) is 0.845. The molecule has 2 atom stereocenters. The van der Waals surface area contributed by atoms with Crippen molar-refractivity contribution in [3.05, 3.63) is 40.8 Å². The summed E-state index contributed by atoms with van der Waals surface area (Å²) in [6.07, 6.45) is 4.14. The molecule has 0 unspecified atom stereocenters. The second-order valence-electron chi connectivity index (χ2n) is 6.02. The van der Waals surface area contributed by atoms with Crippen LogP contribution in [0.15, 0.2) is 29.6 Å². The first-order valence-corrected chi connectivity index (χ1v) is 7.91. The minimum absolute atomic E-state index is 0.0861. The third kappa shape index (κ3) is 3.53. The average molecular weight is 330 g/mol. The number of anilines is 2. The molecular formula is C16H22N6O2. The van der Waals surface area contributed by atoms with Crippen molar-refractivity contribution in [2.45, 2.75) is 25.5 Å². The SMILES string of the molecule is CO[C@H]1C[C@@H](CNc2cc(=O)n(C)cn2)N(c2cc(C)ncn2)C1. The van der Waals surface area contributed by atoms with Crippen molar-refractivity contribution in [1.29, 1.82) is 0 Å². The number of aromatic nitrogens is 4. The van der Waals surface area contributed by atoms with E-state index in [0.717, 1.165) is 24.5 Å². The molecule has 1 aliphatic rings. The highest BCUT2D eigenvalue weighted by Crippen LogP contribution is 2.25. The molecular weight excluding hydrogens is 308 g/mol. The van der Waals surface area contributed by atoms with Crippen LogP contribution >= 0.6 is 0 Å². The fourth-order valence-corrected chi connectivity index (χ4v) is 2.90. The molecule has 0 aromatic carbocycles. The maximum absolute atomic E-state index is 11.7. The first-order chi connectivity index (χ1) is 11.6. The highest BCUT2D eigenvalue weighted by atomic mass is 16.5. The Morgan fingerprint density at radius 1 is 1.33 bits per heavy atom. The molecule has 3 heterocycles. The van der Waals surface area contributed by atoms with Crippen LogP contribution in [0.3, 0.4) is 0 Å². The van der Waals surface area contributed by atoms with Gasteiger partial charge in [-0.05, 0) is 13.3 Å². The number of nitrogens with zero attached hydrogens (tertiary/aromatic N) is 5. The van der Waals surface area contributed by atoms with Gasteiger partial charge in [-0.3, -0.25) is 4.79 Å². The molecule has 24 heavy (non-hydrogen) atoms. The Bertz CT molecular complexity index is 762. The molecule has 1 N–H and O–H groups in total. The molecule has 0 spiro atoms. The van der Waals surface area contributed by atoms with Gasteiger partial charge < -0.3 is 19.5 Å². The number of nitrogens with one attached hydrogen (secondary N) is 1. The van der Waals surface area contributed by atoms with Crippen LogP contribution in [0.1, 0.15) is 12.1 Å². The molecule has 2 aromatic heterocycles. The molecule has 0 bridgehead atoms. The van der Waals surface area contributed by atoms with Crippen molar-refractivity contribution in [2.24, 2.45) is 7.05 Å². The summed E-state index contributed by atoms with van der Waals surface area (Å²) in [5.74, 6) is 1.48. The number of hydrogen-bond acceptors (Lipinski definition) is 7. The van der Waals surface area contributed by atoms with Gasteiger partial charge >= 0.3 is 0 Å². The molecule has 1 fully saturated rings. The first kappa shape index (κ1) is 16.4. The van der Waals surface area contributed by atoms with Crippen molar-refractivity contribution >= 4 is 11.6 Å². The Hall–Kier alpha value is -2.48. The Morgan fingerprint density at radius 2 is 2.17 bits per heavy atom. The van der Waals surface area contributed by atoms with Gasteiger partial charge in [0.25, 0.3) is 5.56 Å². The summed E-state index contributed by atoms with van der Waals surface area (Å²) in [5, 5.41) is 3.25. The van der Waals surface area contributed by atoms with Crippen LogP contribution in [0.5, 0.6) is 0 Å². The molecule has 1 aliphatic heterocycles. The minimum Gasteiger partial charge on any atom is -0.380 e. The Labute approximate surface area is 140 Å². The zero-order valence-corrected chi connectivity index (χ0v) is 14.1. The molecule has 8 nitrogen and oxygen atoms in total. The van der Waals surface area contributed by atoms with Crippen LogP contribution in [-0.2, 0) is 11.8 Å². The van der Waals surface area contributed by atoms with E-state index in [9.17, 15) is 4.79 Å². The van der Waals surface area contributed by atoms with E-state index in [-0.39, 0.29) is 17.7 Å². The molecule has 0 radical (unpaired) electrons. The van der Waals surface area contributed by atoms with Gasteiger partial charge in [0.05, 0.1) is 18.5 Å². The summed E-state index contributed by atoms with van der Waals surface area (Å²) in [4.78, 5) is 26.7. The zero-order chi connectivity index (χ0) is 17.1. The van der Waals surface area contributed by atoms with E-state index in [0.29, 0.717) is 12.4 Å². The lowest BCUT2D eigenvalue weighted by atomic mass is 10.2. The summed E-state index contributed by atoms with van der Waals surface area (Å²) in [7, 11) is 3.41. The fourth-order valence-electron chi connectivity index (χ4n) is 2.90. The quantitative estimate of drug-likeness (QED) is 0.858. The molecule has 1 saturated heterocycles. The van der Waals surface area contributed by atoms with Crippen LogP contribution < -0.4 is 15.8 Å². The lowest BCUT2D eigenvalue weighted by Crippen LogP contribution is -2.36. The van der Waals surface area contributed by atoms with Gasteiger partial charge in [0.2, 0.25) is 0 Å². The predicted molar refractivity (Wildman–Crippen MR) is 91.3 cm³/mol. The highest BCUT2D eigenvalue weighted by molar-refractivity contribution is 5.43. The summed E-state index contributed by atoms with van der Waals surface area (Å²) in [6, 6.07) is 3.68. The van der Waals surface area contributed by atoms with E-state index >= 15 is 0 Å². The monoisotopic (exact) mass is 330 g/mol. The summed E-state index contributed by atoms with van der Waals surface area (Å²) in [6.45, 7) is 3.39. The Kier molecular flexibility index (Phi) is 4.75. The summed E-state index contributed by atoms with van der Waals surface area (Å²) >= 11 is 0. The Balaban J connectivity index is 1.74. The number of hydrogen-bond donors (Lipinski definition) is 1. The number of ether oxygens (including phenoxy) is 1. The minimum atomic E-state index is -0.0861. The highest BCUT2D eigenvalue weighted by Gasteiger charge is 2.33. The second kappa shape index (κ2) is 6.96. The van der Waals surface area contributed by atoms with Gasteiger partial charge in [-0.1, -0.05) is 0 Å². The van der Waals surface area contributed by atoms with Gasteiger partial charge in [0, 0.05) is 45.1 Å². The maximum atomic E-state index is 11.7. The third-order valence-corrected chi connectivity index (χ3v) is 4.29. The van der Waals surface area contributed by atoms with Crippen molar-refractivity contribution in [1.82, 2.24) is 19.5 Å². The van der Waals surface area contributed by atoms with Crippen molar-refractivity contribution in [3.63, 3.8) is 0 Å². The van der Waals surface area contributed by atoms with E-state index in [1.807, 2.05) is 13.0 Å². The molecule has 0 aliphatic carbocycles. The molecule has 8 heteroatoms. The maximum Gasteiger partial charge on any atom is 0.255 e. The van der Waals surface area contributed by atoms with Crippen LogP contribution in [0.2, 0.25) is 0 Å². The van der Waals surface area contributed by atoms with Gasteiger partial charge in [0.1, 0.15) is 18.0 Å². The smallest absolute Gasteiger partial charge is 0.255 e. The molecule has 2 aromatic rings. The number of aryl methyl sites for hydroxylation is 2. The van der Waals surface area contributed by atoms with Crippen molar-refractivity contribution < 1.29 is 4.74 Å². The zero-order valence-electron chi connectivity index (χ0n) is 14.1. The normalized spacial score (nSPS) is 20.4. The first-order valence-electron chi connectivity index (χ1n) is 7.91. The van der Waals surface area contributed by atoms with Crippen molar-refractivity contribution in [2.75, 3.05) is 30.4 Å². The molecule has 0 amide bonds. The molecule has 128 valence electrons. The number of methoxy groups -OCH3 is 1. The van der Waals surface area contributed by atoms with Crippen LogP contribution in [-0.4, -0.2) is 51.9 Å². The van der Waals surface area contributed by atoms with E-state index in [1.54, 1.807) is 20.5 Å². The van der Waals surface area contributed by atoms with Crippen LogP contribution in [0.4, 0.5) is 11.6 Å². The fraction of sp³-hybridized carbons (Fsp3) is 0.500.